The highest BCUT2D eigenvalue weighted by Gasteiger charge is 2.50. The summed E-state index contributed by atoms with van der Waals surface area (Å²) in [4.78, 5) is 25.9. The molecule has 1 amide bonds. The number of hydrogen-bond acceptors (Lipinski definition) is 4. The molecule has 1 aliphatic rings. The molecule has 2 aromatic rings. The second-order valence-electron chi connectivity index (χ2n) is 6.46. The summed E-state index contributed by atoms with van der Waals surface area (Å²) in [7, 11) is 0. The molecule has 0 spiro atoms. The fourth-order valence-corrected chi connectivity index (χ4v) is 3.74. The fraction of sp³-hybridized carbons (Fsp3) is 0.300. The minimum atomic E-state index is -1.88. The maximum atomic E-state index is 12.9. The number of ether oxygens (including phenoxy) is 1. The van der Waals surface area contributed by atoms with Crippen LogP contribution >= 0.6 is 23.2 Å². The van der Waals surface area contributed by atoms with Crippen LogP contribution in [0.4, 0.5) is 5.69 Å². The highest BCUT2D eigenvalue weighted by atomic mass is 35.5. The number of carbonyl (C=O) groups excluding carboxylic acids is 2. The van der Waals surface area contributed by atoms with Gasteiger partial charge in [-0.15, -0.1) is 0 Å². The summed E-state index contributed by atoms with van der Waals surface area (Å²) < 4.78 is 5.65. The lowest BCUT2D eigenvalue weighted by Crippen LogP contribution is -2.42. The molecule has 0 bridgehead atoms. The quantitative estimate of drug-likeness (QED) is 0.704. The Balaban J connectivity index is 1.75. The molecule has 2 aromatic carbocycles. The molecule has 0 aromatic heterocycles. The molecule has 1 unspecified atom stereocenters. The minimum absolute atomic E-state index is 0.277. The van der Waals surface area contributed by atoms with Crippen LogP contribution in [0.25, 0.3) is 0 Å². The molecule has 0 radical (unpaired) electrons. The van der Waals surface area contributed by atoms with Gasteiger partial charge in [0, 0.05) is 18.5 Å². The van der Waals surface area contributed by atoms with Crippen molar-refractivity contribution in [3.05, 3.63) is 58.1 Å². The molecule has 0 aliphatic carbocycles. The third-order valence-electron chi connectivity index (χ3n) is 4.43. The molecule has 0 fully saturated rings. The van der Waals surface area contributed by atoms with E-state index in [2.05, 4.69) is 0 Å². The maximum absolute atomic E-state index is 12.9. The number of rotatable bonds is 7. The summed E-state index contributed by atoms with van der Waals surface area (Å²) >= 11 is 12.3. The van der Waals surface area contributed by atoms with Gasteiger partial charge in [0.2, 0.25) is 0 Å². The molecule has 5 nitrogen and oxygen atoms in total. The molecular weight excluding hydrogens is 389 g/mol. The molecule has 27 heavy (non-hydrogen) atoms. The Kier molecular flexibility index (Phi) is 5.75. The van der Waals surface area contributed by atoms with Gasteiger partial charge >= 0.3 is 0 Å². The van der Waals surface area contributed by atoms with Crippen LogP contribution in [0, 0.1) is 0 Å². The van der Waals surface area contributed by atoms with E-state index in [0.717, 1.165) is 0 Å². The second kappa shape index (κ2) is 7.89. The fourth-order valence-electron chi connectivity index (χ4n) is 3.27. The Morgan fingerprint density at radius 1 is 1.15 bits per heavy atom. The molecule has 142 valence electrons. The number of ketones is 1. The van der Waals surface area contributed by atoms with Gasteiger partial charge in [-0.25, -0.2) is 0 Å². The maximum Gasteiger partial charge on any atom is 0.264 e. The van der Waals surface area contributed by atoms with Crippen molar-refractivity contribution in [2.45, 2.75) is 25.4 Å². The van der Waals surface area contributed by atoms with Crippen LogP contribution in [0.1, 0.15) is 25.3 Å². The SMILES string of the molecule is CC(=O)CC1(O)C(=O)N(CCCOc2ccccc2Cl)c2c(Cl)cccc21. The number of anilines is 1. The normalized spacial score (nSPS) is 18.5. The van der Waals surface area contributed by atoms with Crippen molar-refractivity contribution in [2.24, 2.45) is 0 Å². The number of Topliss-reactive ketones (excluding diaryl/α,β-unsaturated/α-hetero) is 1. The number of aliphatic hydroxyl groups is 1. The molecule has 3 rings (SSSR count). The molecular formula is C20H19Cl2NO4. The summed E-state index contributed by atoms with van der Waals surface area (Å²) in [6.45, 7) is 1.97. The zero-order chi connectivity index (χ0) is 19.6. The third kappa shape index (κ3) is 3.81. The number of hydrogen-bond donors (Lipinski definition) is 1. The standard InChI is InChI=1S/C20H19Cl2NO4/c1-13(24)12-20(26)14-6-4-8-16(22)18(14)23(19(20)25)10-5-11-27-17-9-3-2-7-15(17)21/h2-4,6-9,26H,5,10-12H2,1H3. The molecule has 1 aliphatic heterocycles. The van der Waals surface area contributed by atoms with Gasteiger partial charge in [0.25, 0.3) is 5.91 Å². The number of carbonyl (C=O) groups is 2. The topological polar surface area (TPSA) is 66.8 Å². The van der Waals surface area contributed by atoms with Gasteiger partial charge in [0.05, 0.1) is 22.3 Å². The van der Waals surface area contributed by atoms with Crippen molar-refractivity contribution in [1.82, 2.24) is 0 Å². The van der Waals surface area contributed by atoms with Gasteiger partial charge in [-0.1, -0.05) is 47.5 Å². The van der Waals surface area contributed by atoms with Gasteiger partial charge in [-0.3, -0.25) is 9.59 Å². The summed E-state index contributed by atoms with van der Waals surface area (Å²) in [5, 5.41) is 11.8. The Morgan fingerprint density at radius 2 is 1.85 bits per heavy atom. The predicted molar refractivity (Wildman–Crippen MR) is 105 cm³/mol. The third-order valence-corrected chi connectivity index (χ3v) is 5.04. The lowest BCUT2D eigenvalue weighted by molar-refractivity contribution is -0.141. The lowest BCUT2D eigenvalue weighted by Gasteiger charge is -2.22. The van der Waals surface area contributed by atoms with Crippen LogP contribution in [0.15, 0.2) is 42.5 Å². The average Bonchev–Trinajstić information content (AvgIpc) is 2.82. The smallest absolute Gasteiger partial charge is 0.264 e. The lowest BCUT2D eigenvalue weighted by atomic mass is 9.90. The second-order valence-corrected chi connectivity index (χ2v) is 7.28. The predicted octanol–water partition coefficient (Wildman–Crippen LogP) is 3.98. The Morgan fingerprint density at radius 3 is 2.56 bits per heavy atom. The summed E-state index contributed by atoms with van der Waals surface area (Å²) in [5.74, 6) is -0.252. The van der Waals surface area contributed by atoms with E-state index in [4.69, 9.17) is 27.9 Å². The largest absolute Gasteiger partial charge is 0.492 e. The Labute approximate surface area is 167 Å². The number of nitrogens with zero attached hydrogens (tertiary/aromatic N) is 1. The molecule has 0 saturated heterocycles. The van der Waals surface area contributed by atoms with E-state index < -0.39 is 11.5 Å². The molecule has 1 N–H and O–H groups in total. The Bertz CT molecular complexity index is 886. The van der Waals surface area contributed by atoms with Crippen molar-refractivity contribution in [1.29, 1.82) is 0 Å². The van der Waals surface area contributed by atoms with Crippen LogP contribution in [-0.2, 0) is 15.2 Å². The number of benzene rings is 2. The van der Waals surface area contributed by atoms with E-state index in [1.54, 1.807) is 30.3 Å². The Hall–Kier alpha value is -2.08. The van der Waals surface area contributed by atoms with E-state index in [-0.39, 0.29) is 12.2 Å². The van der Waals surface area contributed by atoms with E-state index in [1.807, 2.05) is 12.1 Å². The zero-order valence-electron chi connectivity index (χ0n) is 14.7. The molecule has 1 heterocycles. The molecule has 1 atom stereocenters. The van der Waals surface area contributed by atoms with Crippen molar-refractivity contribution in [3.8, 4) is 5.75 Å². The van der Waals surface area contributed by atoms with E-state index in [1.165, 1.54) is 11.8 Å². The van der Waals surface area contributed by atoms with Crippen LogP contribution in [0.3, 0.4) is 0 Å². The minimum Gasteiger partial charge on any atom is -0.492 e. The number of amides is 1. The van der Waals surface area contributed by atoms with E-state index >= 15 is 0 Å². The first-order chi connectivity index (χ1) is 12.8. The average molecular weight is 408 g/mol. The van der Waals surface area contributed by atoms with Crippen LogP contribution in [0.2, 0.25) is 10.0 Å². The number of halogens is 2. The van der Waals surface area contributed by atoms with Crippen molar-refractivity contribution in [3.63, 3.8) is 0 Å². The van der Waals surface area contributed by atoms with Crippen molar-refractivity contribution < 1.29 is 19.4 Å². The summed E-state index contributed by atoms with van der Waals surface area (Å²) in [5.41, 5.74) is -1.07. The van der Waals surface area contributed by atoms with Gasteiger partial charge in [-0.05, 0) is 31.5 Å². The molecule has 7 heteroatoms. The zero-order valence-corrected chi connectivity index (χ0v) is 16.3. The summed E-state index contributed by atoms with van der Waals surface area (Å²) in [6.07, 6.45) is 0.212. The summed E-state index contributed by atoms with van der Waals surface area (Å²) in [6, 6.07) is 12.1. The van der Waals surface area contributed by atoms with Crippen LogP contribution in [0.5, 0.6) is 5.75 Å². The van der Waals surface area contributed by atoms with Crippen LogP contribution in [-0.4, -0.2) is 29.9 Å². The van der Waals surface area contributed by atoms with E-state index in [0.29, 0.717) is 46.6 Å². The van der Waals surface area contributed by atoms with Crippen molar-refractivity contribution >= 4 is 40.6 Å². The highest BCUT2D eigenvalue weighted by molar-refractivity contribution is 6.35. The first-order valence-electron chi connectivity index (χ1n) is 8.54. The first-order valence-corrected chi connectivity index (χ1v) is 9.30. The van der Waals surface area contributed by atoms with E-state index in [9.17, 15) is 14.7 Å². The van der Waals surface area contributed by atoms with Gasteiger partial charge in [0.15, 0.2) is 5.60 Å². The highest BCUT2D eigenvalue weighted by Crippen LogP contribution is 2.46. The molecule has 0 saturated carbocycles. The van der Waals surface area contributed by atoms with Gasteiger partial charge < -0.3 is 14.7 Å². The van der Waals surface area contributed by atoms with Crippen molar-refractivity contribution in [2.75, 3.05) is 18.1 Å². The number of fused-ring (bicyclic) bond motifs is 1. The van der Waals surface area contributed by atoms with Gasteiger partial charge in [0.1, 0.15) is 11.5 Å². The monoisotopic (exact) mass is 407 g/mol. The van der Waals surface area contributed by atoms with Gasteiger partial charge in [-0.2, -0.15) is 0 Å². The first kappa shape index (κ1) is 19.7. The number of para-hydroxylation sites is 2. The van der Waals surface area contributed by atoms with Crippen LogP contribution < -0.4 is 9.64 Å².